The van der Waals surface area contributed by atoms with E-state index in [1.54, 1.807) is 36.1 Å². The van der Waals surface area contributed by atoms with Crippen molar-refractivity contribution >= 4 is 39.5 Å². The molecule has 0 aromatic heterocycles. The predicted molar refractivity (Wildman–Crippen MR) is 119 cm³/mol. The zero-order valence-corrected chi connectivity index (χ0v) is 19.3. The number of halogens is 1. The molecule has 3 rings (SSSR count). The molecule has 172 valence electrons. The fourth-order valence-corrected chi connectivity index (χ4v) is 5.18. The SMILES string of the molecule is C[C@@H](C(=O)N1CCOCC1)N1CC[C@H](N(CC#N)S(=O)(=O)/C=C/c2ccc(Cl)cc2)C1=O. The van der Waals surface area contributed by atoms with Gasteiger partial charge in [-0.25, -0.2) is 8.42 Å². The number of hydrogen-bond acceptors (Lipinski definition) is 6. The highest BCUT2D eigenvalue weighted by Crippen LogP contribution is 2.24. The molecule has 2 saturated heterocycles. The molecule has 9 nitrogen and oxygen atoms in total. The Morgan fingerprint density at radius 1 is 1.31 bits per heavy atom. The zero-order valence-electron chi connectivity index (χ0n) is 17.7. The second-order valence-corrected chi connectivity index (χ2v) is 9.76. The molecule has 0 bridgehead atoms. The summed E-state index contributed by atoms with van der Waals surface area (Å²) in [5, 5.41) is 10.7. The van der Waals surface area contributed by atoms with Crippen LogP contribution in [-0.2, 0) is 24.3 Å². The number of carbonyl (C=O) groups excluding carboxylic acids is 2. The minimum Gasteiger partial charge on any atom is -0.378 e. The van der Waals surface area contributed by atoms with Crippen molar-refractivity contribution in [3.8, 4) is 6.07 Å². The average molecular weight is 481 g/mol. The van der Waals surface area contributed by atoms with E-state index in [-0.39, 0.29) is 18.9 Å². The van der Waals surface area contributed by atoms with E-state index in [1.165, 1.54) is 11.0 Å². The molecule has 11 heteroatoms. The van der Waals surface area contributed by atoms with Gasteiger partial charge in [-0.15, -0.1) is 0 Å². The number of ether oxygens (including phenoxy) is 1. The van der Waals surface area contributed by atoms with Gasteiger partial charge in [0.25, 0.3) is 0 Å². The highest BCUT2D eigenvalue weighted by atomic mass is 35.5. The Morgan fingerprint density at radius 3 is 2.59 bits per heavy atom. The number of likely N-dealkylation sites (tertiary alicyclic amines) is 1. The smallest absolute Gasteiger partial charge is 0.245 e. The third-order valence-corrected chi connectivity index (χ3v) is 7.33. The standard InChI is InChI=1S/C21H25ClN4O5S/c1-16(20(27)24-11-13-31-14-12-24)25-9-6-19(21(25)28)26(10-8-23)32(29,30)15-7-17-2-4-18(22)5-3-17/h2-5,7,15-16,19H,6,9-14H2,1H3/b15-7+/t16-,19-/m0/s1. The maximum Gasteiger partial charge on any atom is 0.245 e. The monoisotopic (exact) mass is 480 g/mol. The molecule has 0 aliphatic carbocycles. The minimum absolute atomic E-state index is 0.195. The molecule has 2 aliphatic heterocycles. The molecule has 2 aliphatic rings. The number of sulfonamides is 1. The van der Waals surface area contributed by atoms with Crippen LogP contribution in [0.2, 0.25) is 5.02 Å². The summed E-state index contributed by atoms with van der Waals surface area (Å²) in [6, 6.07) is 6.65. The molecule has 0 N–H and O–H groups in total. The first-order chi connectivity index (χ1) is 15.2. The van der Waals surface area contributed by atoms with Crippen LogP contribution in [-0.4, -0.2) is 85.8 Å². The van der Waals surface area contributed by atoms with Crippen LogP contribution >= 0.6 is 11.6 Å². The number of nitrogens with zero attached hydrogens (tertiary/aromatic N) is 4. The Hall–Kier alpha value is -2.45. The molecular weight excluding hydrogens is 456 g/mol. The number of morpholine rings is 1. The molecule has 1 aromatic rings. The quantitative estimate of drug-likeness (QED) is 0.544. The fraction of sp³-hybridized carbons (Fsp3) is 0.476. The second kappa shape index (κ2) is 10.4. The molecule has 0 radical (unpaired) electrons. The van der Waals surface area contributed by atoms with Gasteiger partial charge in [0.05, 0.1) is 19.3 Å². The van der Waals surface area contributed by atoms with E-state index in [4.69, 9.17) is 16.3 Å². The van der Waals surface area contributed by atoms with Gasteiger partial charge in [-0.1, -0.05) is 23.7 Å². The summed E-state index contributed by atoms with van der Waals surface area (Å²) in [5.74, 6) is -0.669. The summed E-state index contributed by atoms with van der Waals surface area (Å²) < 4.78 is 32.1. The molecule has 0 saturated carbocycles. The maximum absolute atomic E-state index is 13.1. The molecular formula is C21H25ClN4O5S. The number of carbonyl (C=O) groups is 2. The van der Waals surface area contributed by atoms with Crippen LogP contribution < -0.4 is 0 Å². The largest absolute Gasteiger partial charge is 0.378 e. The lowest BCUT2D eigenvalue weighted by Crippen LogP contribution is -2.53. The Morgan fingerprint density at radius 2 is 1.97 bits per heavy atom. The minimum atomic E-state index is -4.06. The normalized spacial score (nSPS) is 20.7. The van der Waals surface area contributed by atoms with Gasteiger partial charge >= 0.3 is 0 Å². The highest BCUT2D eigenvalue weighted by Gasteiger charge is 2.44. The Kier molecular flexibility index (Phi) is 7.90. The summed E-state index contributed by atoms with van der Waals surface area (Å²) >= 11 is 5.84. The number of benzene rings is 1. The van der Waals surface area contributed by atoms with Crippen LogP contribution in [0.25, 0.3) is 6.08 Å². The molecule has 0 spiro atoms. The molecule has 1 aromatic carbocycles. The van der Waals surface area contributed by atoms with E-state index in [9.17, 15) is 23.3 Å². The maximum atomic E-state index is 13.1. The van der Waals surface area contributed by atoms with Gasteiger partial charge in [0, 0.05) is 30.1 Å². The summed E-state index contributed by atoms with van der Waals surface area (Å²) in [5.41, 5.74) is 0.610. The first-order valence-corrected chi connectivity index (χ1v) is 12.1. The molecule has 32 heavy (non-hydrogen) atoms. The van der Waals surface area contributed by atoms with Crippen molar-refractivity contribution in [2.45, 2.75) is 25.4 Å². The van der Waals surface area contributed by atoms with Crippen LogP contribution in [0, 0.1) is 11.3 Å². The van der Waals surface area contributed by atoms with Gasteiger partial charge in [-0.2, -0.15) is 9.57 Å². The van der Waals surface area contributed by atoms with Crippen molar-refractivity contribution < 1.29 is 22.7 Å². The number of rotatable bonds is 7. The first-order valence-electron chi connectivity index (χ1n) is 10.2. The van der Waals surface area contributed by atoms with Gasteiger partial charge in [0.1, 0.15) is 18.6 Å². The third kappa shape index (κ3) is 5.48. The van der Waals surface area contributed by atoms with Crippen molar-refractivity contribution in [1.82, 2.24) is 14.1 Å². The van der Waals surface area contributed by atoms with Crippen LogP contribution in [0.3, 0.4) is 0 Å². The van der Waals surface area contributed by atoms with Gasteiger partial charge in [-0.3, -0.25) is 9.59 Å². The number of amides is 2. The van der Waals surface area contributed by atoms with Gasteiger partial charge < -0.3 is 14.5 Å². The Balaban J connectivity index is 1.74. The van der Waals surface area contributed by atoms with E-state index in [2.05, 4.69) is 0 Å². The summed E-state index contributed by atoms with van der Waals surface area (Å²) in [7, 11) is -4.06. The van der Waals surface area contributed by atoms with Crippen LogP contribution in [0.4, 0.5) is 0 Å². The molecule has 2 atom stereocenters. The lowest BCUT2D eigenvalue weighted by molar-refractivity contribution is -0.146. The zero-order chi connectivity index (χ0) is 23.3. The number of nitriles is 1. The first kappa shape index (κ1) is 24.2. The van der Waals surface area contributed by atoms with E-state index in [1.807, 2.05) is 6.07 Å². The summed E-state index contributed by atoms with van der Waals surface area (Å²) in [4.78, 5) is 28.9. The highest BCUT2D eigenvalue weighted by molar-refractivity contribution is 7.92. The lowest BCUT2D eigenvalue weighted by Gasteiger charge is -2.33. The van der Waals surface area contributed by atoms with Crippen molar-refractivity contribution in [2.75, 3.05) is 39.4 Å². The van der Waals surface area contributed by atoms with Crippen molar-refractivity contribution in [3.05, 3.63) is 40.3 Å². The lowest BCUT2D eigenvalue weighted by atomic mass is 10.2. The average Bonchev–Trinajstić information content (AvgIpc) is 3.17. The van der Waals surface area contributed by atoms with E-state index >= 15 is 0 Å². The van der Waals surface area contributed by atoms with E-state index in [0.717, 1.165) is 9.71 Å². The molecule has 2 fully saturated rings. The second-order valence-electron chi connectivity index (χ2n) is 7.55. The van der Waals surface area contributed by atoms with Gasteiger partial charge in [0.15, 0.2) is 0 Å². The van der Waals surface area contributed by atoms with Crippen molar-refractivity contribution in [3.63, 3.8) is 0 Å². The predicted octanol–water partition coefficient (Wildman–Crippen LogP) is 1.31. The van der Waals surface area contributed by atoms with Crippen LogP contribution in [0.5, 0.6) is 0 Å². The van der Waals surface area contributed by atoms with E-state index < -0.39 is 34.6 Å². The Bertz CT molecular complexity index is 1020. The number of hydrogen-bond donors (Lipinski definition) is 0. The molecule has 2 amide bonds. The van der Waals surface area contributed by atoms with Gasteiger partial charge in [0.2, 0.25) is 21.8 Å². The summed E-state index contributed by atoms with van der Waals surface area (Å²) in [6.07, 6.45) is 1.59. The van der Waals surface area contributed by atoms with Gasteiger partial charge in [-0.05, 0) is 37.1 Å². The van der Waals surface area contributed by atoms with Crippen LogP contribution in [0.1, 0.15) is 18.9 Å². The molecule has 2 heterocycles. The topological polar surface area (TPSA) is 111 Å². The fourth-order valence-electron chi connectivity index (χ4n) is 3.78. The summed E-state index contributed by atoms with van der Waals surface area (Å²) in [6.45, 7) is 3.22. The third-order valence-electron chi connectivity index (χ3n) is 5.56. The Labute approximate surface area is 192 Å². The van der Waals surface area contributed by atoms with Crippen molar-refractivity contribution in [1.29, 1.82) is 5.26 Å². The van der Waals surface area contributed by atoms with Crippen LogP contribution in [0.15, 0.2) is 29.7 Å². The molecule has 0 unspecified atom stereocenters. The van der Waals surface area contributed by atoms with E-state index in [0.29, 0.717) is 36.9 Å². The van der Waals surface area contributed by atoms with Crippen molar-refractivity contribution in [2.24, 2.45) is 0 Å².